The molecule has 0 saturated heterocycles. The molecule has 2 aromatic rings. The molecule has 22 heavy (non-hydrogen) atoms. The van der Waals surface area contributed by atoms with Crippen LogP contribution in [0.1, 0.15) is 23.2 Å². The fraction of sp³-hybridized carbons (Fsp3) is 0.176. The second kappa shape index (κ2) is 8.20. The van der Waals surface area contributed by atoms with Crippen LogP contribution < -0.4 is 10.6 Å². The van der Waals surface area contributed by atoms with Crippen LogP contribution in [0.3, 0.4) is 0 Å². The van der Waals surface area contributed by atoms with Gasteiger partial charge in [0.15, 0.2) is 0 Å². The minimum Gasteiger partial charge on any atom is -0.352 e. The van der Waals surface area contributed by atoms with Gasteiger partial charge in [0.1, 0.15) is 0 Å². The van der Waals surface area contributed by atoms with Gasteiger partial charge in [-0.2, -0.15) is 0 Å². The van der Waals surface area contributed by atoms with Crippen LogP contribution in [-0.4, -0.2) is 18.4 Å². The molecule has 0 spiro atoms. The Balaban J connectivity index is 1.69. The molecule has 4 nitrogen and oxygen atoms in total. The molecule has 0 fully saturated rings. The lowest BCUT2D eigenvalue weighted by Gasteiger charge is -2.07. The van der Waals surface area contributed by atoms with Crippen LogP contribution in [0.5, 0.6) is 0 Å². The van der Waals surface area contributed by atoms with Crippen molar-refractivity contribution in [3.63, 3.8) is 0 Å². The van der Waals surface area contributed by atoms with Gasteiger partial charge in [0.05, 0.1) is 10.7 Å². The van der Waals surface area contributed by atoms with E-state index in [1.807, 2.05) is 24.3 Å². The molecular formula is C17H17ClN2O2. The van der Waals surface area contributed by atoms with Gasteiger partial charge in [0.25, 0.3) is 5.91 Å². The molecule has 0 aliphatic heterocycles. The van der Waals surface area contributed by atoms with Gasteiger partial charge in [0, 0.05) is 18.5 Å². The van der Waals surface area contributed by atoms with Crippen molar-refractivity contribution in [1.29, 1.82) is 0 Å². The zero-order valence-corrected chi connectivity index (χ0v) is 12.8. The zero-order valence-electron chi connectivity index (χ0n) is 12.0. The summed E-state index contributed by atoms with van der Waals surface area (Å²) in [5, 5.41) is 6.04. The van der Waals surface area contributed by atoms with Gasteiger partial charge in [-0.1, -0.05) is 41.9 Å². The number of nitrogens with one attached hydrogen (secondary N) is 2. The molecule has 0 aromatic heterocycles. The van der Waals surface area contributed by atoms with Crippen LogP contribution in [0.4, 0.5) is 5.69 Å². The molecule has 0 atom stereocenters. The molecular weight excluding hydrogens is 300 g/mol. The number of rotatable bonds is 6. The Morgan fingerprint density at radius 1 is 0.955 bits per heavy atom. The Morgan fingerprint density at radius 2 is 1.64 bits per heavy atom. The Morgan fingerprint density at radius 3 is 2.36 bits per heavy atom. The van der Waals surface area contributed by atoms with E-state index in [0.717, 1.165) is 0 Å². The van der Waals surface area contributed by atoms with Gasteiger partial charge < -0.3 is 10.6 Å². The Labute approximate surface area is 134 Å². The fourth-order valence-electron chi connectivity index (χ4n) is 1.92. The molecule has 5 heteroatoms. The molecule has 2 N–H and O–H groups in total. The lowest BCUT2D eigenvalue weighted by atomic mass is 10.2. The SMILES string of the molecule is O=C(CCCNC(=O)c1ccccc1)Nc1ccccc1Cl. The highest BCUT2D eigenvalue weighted by molar-refractivity contribution is 6.33. The predicted molar refractivity (Wildman–Crippen MR) is 88.1 cm³/mol. The first kappa shape index (κ1) is 16.0. The summed E-state index contributed by atoms with van der Waals surface area (Å²) in [4.78, 5) is 23.6. The van der Waals surface area contributed by atoms with Crippen molar-refractivity contribution in [2.75, 3.05) is 11.9 Å². The highest BCUT2D eigenvalue weighted by Gasteiger charge is 2.06. The van der Waals surface area contributed by atoms with Gasteiger partial charge in [-0.25, -0.2) is 0 Å². The van der Waals surface area contributed by atoms with Gasteiger partial charge in [0.2, 0.25) is 5.91 Å². The van der Waals surface area contributed by atoms with Crippen molar-refractivity contribution in [3.8, 4) is 0 Å². The number of hydrogen-bond acceptors (Lipinski definition) is 2. The minimum absolute atomic E-state index is 0.123. The van der Waals surface area contributed by atoms with Crippen molar-refractivity contribution in [1.82, 2.24) is 5.32 Å². The molecule has 114 valence electrons. The first-order valence-electron chi connectivity index (χ1n) is 7.04. The Kier molecular flexibility index (Phi) is 5.98. The number of carbonyl (C=O) groups excluding carboxylic acids is 2. The summed E-state index contributed by atoms with van der Waals surface area (Å²) in [6, 6.07) is 16.1. The quantitative estimate of drug-likeness (QED) is 0.801. The standard InChI is InChI=1S/C17H17ClN2O2/c18-14-9-4-5-10-15(14)20-16(21)11-6-12-19-17(22)13-7-2-1-3-8-13/h1-5,7-10H,6,11-12H2,(H,19,22)(H,20,21). The normalized spacial score (nSPS) is 10.0. The molecule has 0 unspecified atom stereocenters. The molecule has 0 saturated carbocycles. The highest BCUT2D eigenvalue weighted by atomic mass is 35.5. The predicted octanol–water partition coefficient (Wildman–Crippen LogP) is 3.49. The average molecular weight is 317 g/mol. The lowest BCUT2D eigenvalue weighted by molar-refractivity contribution is -0.116. The second-order valence-corrected chi connectivity index (χ2v) is 5.16. The van der Waals surface area contributed by atoms with Gasteiger partial charge >= 0.3 is 0 Å². The Bertz CT molecular complexity index is 644. The number of para-hydroxylation sites is 1. The van der Waals surface area contributed by atoms with E-state index in [1.54, 1.807) is 30.3 Å². The second-order valence-electron chi connectivity index (χ2n) is 4.75. The first-order valence-corrected chi connectivity index (χ1v) is 7.42. The van der Waals surface area contributed by atoms with Crippen LogP contribution >= 0.6 is 11.6 Å². The molecule has 0 radical (unpaired) electrons. The topological polar surface area (TPSA) is 58.2 Å². The van der Waals surface area contributed by atoms with E-state index < -0.39 is 0 Å². The maximum atomic E-state index is 11.8. The summed E-state index contributed by atoms with van der Waals surface area (Å²) in [6.07, 6.45) is 0.884. The van der Waals surface area contributed by atoms with Gasteiger partial charge in [-0.15, -0.1) is 0 Å². The van der Waals surface area contributed by atoms with Crippen LogP contribution in [0.2, 0.25) is 5.02 Å². The van der Waals surface area contributed by atoms with Crippen LogP contribution in [0.25, 0.3) is 0 Å². The van der Waals surface area contributed by atoms with E-state index in [4.69, 9.17) is 11.6 Å². The number of benzene rings is 2. The molecule has 2 rings (SSSR count). The number of hydrogen-bond donors (Lipinski definition) is 2. The summed E-state index contributed by atoms with van der Waals surface area (Å²) in [7, 11) is 0. The lowest BCUT2D eigenvalue weighted by Crippen LogP contribution is -2.25. The van der Waals surface area contributed by atoms with Crippen molar-refractivity contribution >= 4 is 29.1 Å². The van der Waals surface area contributed by atoms with Crippen LogP contribution in [0, 0.1) is 0 Å². The maximum absolute atomic E-state index is 11.8. The van der Waals surface area contributed by atoms with Crippen LogP contribution in [0.15, 0.2) is 54.6 Å². The molecule has 2 aromatic carbocycles. The van der Waals surface area contributed by atoms with Crippen molar-refractivity contribution in [2.45, 2.75) is 12.8 Å². The van der Waals surface area contributed by atoms with E-state index in [1.165, 1.54) is 0 Å². The van der Waals surface area contributed by atoms with Crippen molar-refractivity contribution in [3.05, 3.63) is 65.2 Å². The molecule has 0 bridgehead atoms. The monoisotopic (exact) mass is 316 g/mol. The third-order valence-electron chi connectivity index (χ3n) is 3.05. The fourth-order valence-corrected chi connectivity index (χ4v) is 2.10. The van der Waals surface area contributed by atoms with E-state index >= 15 is 0 Å². The largest absolute Gasteiger partial charge is 0.352 e. The Hall–Kier alpha value is -2.33. The number of carbonyl (C=O) groups is 2. The third-order valence-corrected chi connectivity index (χ3v) is 3.38. The summed E-state index contributed by atoms with van der Waals surface area (Å²) < 4.78 is 0. The van der Waals surface area contributed by atoms with Crippen molar-refractivity contribution < 1.29 is 9.59 Å². The molecule has 2 amide bonds. The molecule has 0 aliphatic carbocycles. The number of anilines is 1. The summed E-state index contributed by atoms with van der Waals surface area (Å²) in [6.45, 7) is 0.448. The first-order chi connectivity index (χ1) is 10.7. The van der Waals surface area contributed by atoms with Crippen LogP contribution in [-0.2, 0) is 4.79 Å². The number of halogens is 1. The van der Waals surface area contributed by atoms with E-state index in [2.05, 4.69) is 10.6 Å². The smallest absolute Gasteiger partial charge is 0.251 e. The van der Waals surface area contributed by atoms with Gasteiger partial charge in [-0.3, -0.25) is 9.59 Å². The zero-order chi connectivity index (χ0) is 15.8. The minimum atomic E-state index is -0.132. The maximum Gasteiger partial charge on any atom is 0.251 e. The third kappa shape index (κ3) is 4.90. The van der Waals surface area contributed by atoms with E-state index in [0.29, 0.717) is 35.7 Å². The molecule has 0 heterocycles. The number of amides is 2. The average Bonchev–Trinajstić information content (AvgIpc) is 2.54. The van der Waals surface area contributed by atoms with Gasteiger partial charge in [-0.05, 0) is 30.7 Å². The summed E-state index contributed by atoms with van der Waals surface area (Å²) in [5.74, 6) is -0.255. The van der Waals surface area contributed by atoms with E-state index in [9.17, 15) is 9.59 Å². The molecule has 0 aliphatic rings. The highest BCUT2D eigenvalue weighted by Crippen LogP contribution is 2.20. The summed E-state index contributed by atoms with van der Waals surface area (Å²) in [5.41, 5.74) is 1.21. The van der Waals surface area contributed by atoms with E-state index in [-0.39, 0.29) is 11.8 Å². The summed E-state index contributed by atoms with van der Waals surface area (Å²) >= 11 is 5.97. The van der Waals surface area contributed by atoms with Crippen molar-refractivity contribution in [2.24, 2.45) is 0 Å².